The Labute approximate surface area is 132 Å². The second-order valence-corrected chi connectivity index (χ2v) is 6.93. The lowest BCUT2D eigenvalue weighted by atomic mass is 10.0. The monoisotopic (exact) mass is 308 g/mol. The molecular weight excluding hydrogens is 284 g/mol. The predicted molar refractivity (Wildman–Crippen MR) is 86.7 cm³/mol. The van der Waals surface area contributed by atoms with Gasteiger partial charge in [-0.15, -0.1) is 0 Å². The van der Waals surface area contributed by atoms with E-state index in [9.17, 15) is 5.11 Å². The highest BCUT2D eigenvalue weighted by Crippen LogP contribution is 2.26. The molecule has 21 heavy (non-hydrogen) atoms. The molecule has 0 amide bonds. The Balaban J connectivity index is 1.53. The number of hydrogen-bond donors (Lipinski definition) is 1. The third-order valence-electron chi connectivity index (χ3n) is 5.01. The Morgan fingerprint density at radius 1 is 1.29 bits per heavy atom. The van der Waals surface area contributed by atoms with Gasteiger partial charge >= 0.3 is 0 Å². The maximum absolute atomic E-state index is 10.3. The van der Waals surface area contributed by atoms with Crippen LogP contribution in [0.1, 0.15) is 37.9 Å². The summed E-state index contributed by atoms with van der Waals surface area (Å²) in [4.78, 5) is 5.18. The number of aliphatic hydroxyl groups excluding tert-OH is 1. The van der Waals surface area contributed by atoms with Gasteiger partial charge in [0.05, 0.1) is 6.10 Å². The molecule has 2 aliphatic rings. The highest BCUT2D eigenvalue weighted by Gasteiger charge is 2.34. The van der Waals surface area contributed by atoms with E-state index in [1.807, 2.05) is 24.3 Å². The van der Waals surface area contributed by atoms with Crippen LogP contribution >= 0.6 is 11.6 Å². The number of nitrogens with zero attached hydrogens (tertiary/aromatic N) is 2. The average Bonchev–Trinajstić information content (AvgIpc) is 2.92. The molecule has 2 saturated heterocycles. The molecule has 116 valence electrons. The summed E-state index contributed by atoms with van der Waals surface area (Å²) in [6.07, 6.45) is 3.08. The van der Waals surface area contributed by atoms with Crippen molar-refractivity contribution in [1.29, 1.82) is 0 Å². The number of piperazine rings is 1. The summed E-state index contributed by atoms with van der Waals surface area (Å²) in [6.45, 7) is 6.89. The largest absolute Gasteiger partial charge is 0.388 e. The van der Waals surface area contributed by atoms with Crippen LogP contribution in [0, 0.1) is 0 Å². The van der Waals surface area contributed by atoms with E-state index in [1.165, 1.54) is 25.9 Å². The molecule has 0 spiro atoms. The first kappa shape index (κ1) is 15.3. The molecule has 3 atom stereocenters. The lowest BCUT2D eigenvalue weighted by Crippen LogP contribution is -2.55. The minimum Gasteiger partial charge on any atom is -0.388 e. The Morgan fingerprint density at radius 3 is 2.81 bits per heavy atom. The summed E-state index contributed by atoms with van der Waals surface area (Å²) in [7, 11) is 0. The van der Waals surface area contributed by atoms with Gasteiger partial charge in [-0.05, 0) is 50.4 Å². The molecular formula is C17H25ClN2O. The fraction of sp³-hybridized carbons (Fsp3) is 0.647. The standard InChI is InChI=1S/C17H25ClN2O/c1-13-11-20-9-2-3-16(20)12-19(13)10-8-17(21)14-4-6-15(18)7-5-14/h4-7,13,16-17,21H,2-3,8-12H2,1H3. The van der Waals surface area contributed by atoms with Crippen LogP contribution in [0.2, 0.25) is 5.02 Å². The van der Waals surface area contributed by atoms with E-state index in [2.05, 4.69) is 16.7 Å². The van der Waals surface area contributed by atoms with Crippen molar-refractivity contribution in [1.82, 2.24) is 9.80 Å². The molecule has 2 heterocycles. The lowest BCUT2D eigenvalue weighted by Gasteiger charge is -2.42. The molecule has 4 heteroatoms. The Morgan fingerprint density at radius 2 is 2.05 bits per heavy atom. The highest BCUT2D eigenvalue weighted by molar-refractivity contribution is 6.30. The first-order chi connectivity index (χ1) is 10.1. The van der Waals surface area contributed by atoms with E-state index in [0.29, 0.717) is 6.04 Å². The van der Waals surface area contributed by atoms with E-state index in [0.717, 1.165) is 36.1 Å². The van der Waals surface area contributed by atoms with Gasteiger partial charge in [0.1, 0.15) is 0 Å². The van der Waals surface area contributed by atoms with Crippen LogP contribution in [0.5, 0.6) is 0 Å². The molecule has 3 nitrogen and oxygen atoms in total. The first-order valence-corrected chi connectivity index (χ1v) is 8.43. The van der Waals surface area contributed by atoms with Gasteiger partial charge in [-0.1, -0.05) is 23.7 Å². The van der Waals surface area contributed by atoms with Gasteiger partial charge in [-0.2, -0.15) is 0 Å². The van der Waals surface area contributed by atoms with E-state index in [1.54, 1.807) is 0 Å². The molecule has 1 aromatic rings. The molecule has 2 fully saturated rings. The summed E-state index contributed by atoms with van der Waals surface area (Å²) in [5.41, 5.74) is 0.964. The third kappa shape index (κ3) is 3.59. The topological polar surface area (TPSA) is 26.7 Å². The third-order valence-corrected chi connectivity index (χ3v) is 5.26. The van der Waals surface area contributed by atoms with Crippen molar-refractivity contribution in [3.05, 3.63) is 34.9 Å². The van der Waals surface area contributed by atoms with Crippen LogP contribution in [0.4, 0.5) is 0 Å². The number of halogens is 1. The van der Waals surface area contributed by atoms with Gasteiger partial charge < -0.3 is 5.11 Å². The number of hydrogen-bond acceptors (Lipinski definition) is 3. The smallest absolute Gasteiger partial charge is 0.0802 e. The van der Waals surface area contributed by atoms with E-state index in [-0.39, 0.29) is 0 Å². The van der Waals surface area contributed by atoms with Crippen LogP contribution < -0.4 is 0 Å². The summed E-state index contributed by atoms with van der Waals surface area (Å²) in [5, 5.41) is 11.1. The van der Waals surface area contributed by atoms with E-state index >= 15 is 0 Å². The number of fused-ring (bicyclic) bond motifs is 1. The zero-order valence-electron chi connectivity index (χ0n) is 12.7. The average molecular weight is 309 g/mol. The van der Waals surface area contributed by atoms with Crippen molar-refractivity contribution in [2.24, 2.45) is 0 Å². The fourth-order valence-electron chi connectivity index (χ4n) is 3.70. The summed E-state index contributed by atoms with van der Waals surface area (Å²) >= 11 is 5.89. The summed E-state index contributed by atoms with van der Waals surface area (Å²) in [5.74, 6) is 0. The number of rotatable bonds is 4. The molecule has 0 bridgehead atoms. The van der Waals surface area contributed by atoms with E-state index < -0.39 is 6.10 Å². The predicted octanol–water partition coefficient (Wildman–Crippen LogP) is 2.93. The van der Waals surface area contributed by atoms with Gasteiger partial charge in [0.2, 0.25) is 0 Å². The molecule has 0 aliphatic carbocycles. The zero-order valence-corrected chi connectivity index (χ0v) is 13.5. The highest BCUT2D eigenvalue weighted by atomic mass is 35.5. The van der Waals surface area contributed by atoms with Crippen molar-refractivity contribution < 1.29 is 5.11 Å². The maximum atomic E-state index is 10.3. The lowest BCUT2D eigenvalue weighted by molar-refractivity contribution is 0.0459. The van der Waals surface area contributed by atoms with Crippen LogP contribution in [0.3, 0.4) is 0 Å². The zero-order chi connectivity index (χ0) is 14.8. The van der Waals surface area contributed by atoms with Crippen molar-refractivity contribution in [3.63, 3.8) is 0 Å². The first-order valence-electron chi connectivity index (χ1n) is 8.05. The number of benzene rings is 1. The molecule has 0 saturated carbocycles. The molecule has 0 radical (unpaired) electrons. The van der Waals surface area contributed by atoms with Gasteiger partial charge in [-0.3, -0.25) is 9.80 Å². The molecule has 1 aromatic carbocycles. The summed E-state index contributed by atoms with van der Waals surface area (Å²) < 4.78 is 0. The minimum atomic E-state index is -0.393. The second-order valence-electron chi connectivity index (χ2n) is 6.49. The maximum Gasteiger partial charge on any atom is 0.0802 e. The quantitative estimate of drug-likeness (QED) is 0.926. The van der Waals surface area contributed by atoms with Gasteiger partial charge in [-0.25, -0.2) is 0 Å². The van der Waals surface area contributed by atoms with Gasteiger partial charge in [0.25, 0.3) is 0 Å². The molecule has 3 rings (SSSR count). The Kier molecular flexibility index (Phi) is 4.85. The van der Waals surface area contributed by atoms with Crippen LogP contribution in [0.25, 0.3) is 0 Å². The van der Waals surface area contributed by atoms with Gasteiger partial charge in [0.15, 0.2) is 0 Å². The van der Waals surface area contributed by atoms with Crippen molar-refractivity contribution >= 4 is 11.6 Å². The second kappa shape index (κ2) is 6.66. The van der Waals surface area contributed by atoms with Crippen LogP contribution in [0.15, 0.2) is 24.3 Å². The van der Waals surface area contributed by atoms with Crippen molar-refractivity contribution in [2.45, 2.75) is 44.4 Å². The fourth-order valence-corrected chi connectivity index (χ4v) is 3.83. The molecule has 1 N–H and O–H groups in total. The Bertz CT molecular complexity index is 464. The number of aliphatic hydroxyl groups is 1. The Hall–Kier alpha value is -0.610. The SMILES string of the molecule is CC1CN2CCCC2CN1CCC(O)c1ccc(Cl)cc1. The van der Waals surface area contributed by atoms with Crippen molar-refractivity contribution in [2.75, 3.05) is 26.2 Å². The van der Waals surface area contributed by atoms with Crippen LogP contribution in [-0.4, -0.2) is 53.2 Å². The minimum absolute atomic E-state index is 0.393. The molecule has 2 aliphatic heterocycles. The molecule has 0 aromatic heterocycles. The normalized spacial score (nSPS) is 28.5. The molecule has 3 unspecified atom stereocenters. The summed E-state index contributed by atoms with van der Waals surface area (Å²) in [6, 6.07) is 8.88. The van der Waals surface area contributed by atoms with Crippen LogP contribution in [-0.2, 0) is 0 Å². The van der Waals surface area contributed by atoms with Crippen molar-refractivity contribution in [3.8, 4) is 0 Å². The van der Waals surface area contributed by atoms with Gasteiger partial charge in [0, 0.05) is 36.7 Å². The van der Waals surface area contributed by atoms with E-state index in [4.69, 9.17) is 11.6 Å².